The van der Waals surface area contributed by atoms with Gasteiger partial charge in [0.05, 0.1) is 23.6 Å². The van der Waals surface area contributed by atoms with Gasteiger partial charge in [0.15, 0.2) is 0 Å². The number of anilines is 1. The van der Waals surface area contributed by atoms with Gasteiger partial charge in [-0.1, -0.05) is 12.1 Å². The molecule has 0 saturated carbocycles. The van der Waals surface area contributed by atoms with Crippen LogP contribution in [-0.2, 0) is 14.3 Å². The van der Waals surface area contributed by atoms with E-state index in [1.165, 1.54) is 11.8 Å². The highest BCUT2D eigenvalue weighted by Crippen LogP contribution is 2.15. The molecule has 0 aliphatic carbocycles. The van der Waals surface area contributed by atoms with Crippen molar-refractivity contribution in [3.8, 4) is 0 Å². The molecular weight excluding hydrogens is 304 g/mol. The first-order chi connectivity index (χ1) is 10.5. The molecule has 0 spiro atoms. The van der Waals surface area contributed by atoms with Crippen LogP contribution in [0.3, 0.4) is 0 Å². The van der Waals surface area contributed by atoms with Crippen LogP contribution >= 0.6 is 11.8 Å². The van der Waals surface area contributed by atoms with Crippen LogP contribution in [0.15, 0.2) is 24.3 Å². The minimum Gasteiger partial charge on any atom is -0.466 e. The molecule has 0 bridgehead atoms. The molecule has 120 valence electrons. The SMILES string of the molecule is CCOC(=O)CCCSCC(=O)Nc1ccccc1C(N)=O. The third-order valence-electron chi connectivity index (χ3n) is 2.67. The van der Waals surface area contributed by atoms with Crippen LogP contribution < -0.4 is 11.1 Å². The molecule has 0 unspecified atom stereocenters. The standard InChI is InChI=1S/C15H20N2O4S/c1-2-21-14(19)8-5-9-22-10-13(18)17-12-7-4-3-6-11(12)15(16)20/h3-4,6-7H,2,5,8-10H2,1H3,(H2,16,20)(H,17,18). The first kappa shape index (κ1) is 18.0. The van der Waals surface area contributed by atoms with Crippen LogP contribution in [0.4, 0.5) is 5.69 Å². The van der Waals surface area contributed by atoms with Crippen LogP contribution in [0.25, 0.3) is 0 Å². The molecule has 0 radical (unpaired) electrons. The molecular formula is C15H20N2O4S. The highest BCUT2D eigenvalue weighted by molar-refractivity contribution is 7.99. The fourth-order valence-corrected chi connectivity index (χ4v) is 2.46. The Kier molecular flexibility index (Phi) is 8.06. The van der Waals surface area contributed by atoms with Crippen molar-refractivity contribution in [2.45, 2.75) is 19.8 Å². The van der Waals surface area contributed by atoms with E-state index < -0.39 is 5.91 Å². The number of primary amides is 1. The van der Waals surface area contributed by atoms with Crippen molar-refractivity contribution in [3.05, 3.63) is 29.8 Å². The lowest BCUT2D eigenvalue weighted by atomic mass is 10.1. The normalized spacial score (nSPS) is 10.0. The molecule has 2 amide bonds. The number of nitrogens with two attached hydrogens (primary N) is 1. The smallest absolute Gasteiger partial charge is 0.305 e. The van der Waals surface area contributed by atoms with E-state index in [2.05, 4.69) is 5.32 Å². The lowest BCUT2D eigenvalue weighted by molar-refractivity contribution is -0.143. The summed E-state index contributed by atoms with van der Waals surface area (Å²) >= 11 is 1.42. The van der Waals surface area contributed by atoms with Crippen LogP contribution in [0.1, 0.15) is 30.1 Å². The minimum atomic E-state index is -0.585. The van der Waals surface area contributed by atoms with E-state index in [1.54, 1.807) is 31.2 Å². The largest absolute Gasteiger partial charge is 0.466 e. The maximum Gasteiger partial charge on any atom is 0.305 e. The van der Waals surface area contributed by atoms with Gasteiger partial charge in [0.1, 0.15) is 0 Å². The summed E-state index contributed by atoms with van der Waals surface area (Å²) in [5, 5.41) is 2.66. The van der Waals surface area contributed by atoms with Gasteiger partial charge in [-0.05, 0) is 31.2 Å². The Hall–Kier alpha value is -2.02. The van der Waals surface area contributed by atoms with Gasteiger partial charge in [0, 0.05) is 6.42 Å². The van der Waals surface area contributed by atoms with Crippen molar-refractivity contribution in [1.29, 1.82) is 0 Å². The lowest BCUT2D eigenvalue weighted by Gasteiger charge is -2.08. The van der Waals surface area contributed by atoms with Gasteiger partial charge in [-0.15, -0.1) is 0 Å². The van der Waals surface area contributed by atoms with Crippen LogP contribution in [-0.4, -0.2) is 35.9 Å². The maximum atomic E-state index is 11.8. The Bertz CT molecular complexity index is 534. The number of nitrogens with one attached hydrogen (secondary N) is 1. The number of esters is 1. The van der Waals surface area contributed by atoms with Gasteiger partial charge in [0.2, 0.25) is 5.91 Å². The first-order valence-corrected chi connectivity index (χ1v) is 8.12. The second-order valence-electron chi connectivity index (χ2n) is 4.42. The monoisotopic (exact) mass is 324 g/mol. The number of hydrogen-bond acceptors (Lipinski definition) is 5. The Morgan fingerprint density at radius 1 is 1.27 bits per heavy atom. The molecule has 0 aliphatic rings. The number of hydrogen-bond donors (Lipinski definition) is 2. The van der Waals surface area contributed by atoms with Gasteiger partial charge in [-0.2, -0.15) is 11.8 Å². The Labute approximate surface area is 133 Å². The zero-order valence-corrected chi connectivity index (χ0v) is 13.3. The number of carbonyl (C=O) groups excluding carboxylic acids is 3. The molecule has 0 saturated heterocycles. The summed E-state index contributed by atoms with van der Waals surface area (Å²) in [5.41, 5.74) is 5.93. The molecule has 0 heterocycles. The highest BCUT2D eigenvalue weighted by atomic mass is 32.2. The molecule has 0 aliphatic heterocycles. The van der Waals surface area contributed by atoms with Crippen molar-refractivity contribution >= 4 is 35.2 Å². The molecule has 1 aromatic rings. The molecule has 1 aromatic carbocycles. The number of amides is 2. The topological polar surface area (TPSA) is 98.5 Å². The van der Waals surface area contributed by atoms with Crippen molar-refractivity contribution in [2.24, 2.45) is 5.73 Å². The average molecular weight is 324 g/mol. The number of para-hydroxylation sites is 1. The summed E-state index contributed by atoms with van der Waals surface area (Å²) in [7, 11) is 0. The second kappa shape index (κ2) is 9.83. The number of carbonyl (C=O) groups is 3. The van der Waals surface area contributed by atoms with Gasteiger partial charge < -0.3 is 15.8 Å². The van der Waals surface area contributed by atoms with Gasteiger partial charge >= 0.3 is 5.97 Å². The summed E-state index contributed by atoms with van der Waals surface area (Å²) in [4.78, 5) is 34.2. The Morgan fingerprint density at radius 2 is 2.00 bits per heavy atom. The van der Waals surface area contributed by atoms with E-state index in [1.807, 2.05) is 0 Å². The van der Waals surface area contributed by atoms with Crippen molar-refractivity contribution < 1.29 is 19.1 Å². The molecule has 3 N–H and O–H groups in total. The van der Waals surface area contributed by atoms with Gasteiger partial charge in [-0.3, -0.25) is 14.4 Å². The zero-order valence-electron chi connectivity index (χ0n) is 12.5. The molecule has 0 fully saturated rings. The summed E-state index contributed by atoms with van der Waals surface area (Å²) in [6, 6.07) is 6.59. The predicted octanol–water partition coefficient (Wildman–Crippen LogP) is 1.80. The van der Waals surface area contributed by atoms with E-state index in [-0.39, 0.29) is 23.2 Å². The van der Waals surface area contributed by atoms with E-state index in [0.717, 1.165) is 0 Å². The third kappa shape index (κ3) is 6.62. The van der Waals surface area contributed by atoms with E-state index >= 15 is 0 Å². The molecule has 0 atom stereocenters. The Morgan fingerprint density at radius 3 is 2.68 bits per heavy atom. The summed E-state index contributed by atoms with van der Waals surface area (Å²) in [5.74, 6) is -0.0876. The molecule has 7 heteroatoms. The number of benzene rings is 1. The summed E-state index contributed by atoms with van der Waals surface area (Å²) < 4.78 is 4.81. The molecule has 22 heavy (non-hydrogen) atoms. The minimum absolute atomic E-state index is 0.213. The fraction of sp³-hybridized carbons (Fsp3) is 0.400. The number of ether oxygens (including phenoxy) is 1. The summed E-state index contributed by atoms with van der Waals surface area (Å²) in [6.07, 6.45) is 1.02. The molecule has 6 nitrogen and oxygen atoms in total. The molecule has 0 aromatic heterocycles. The second-order valence-corrected chi connectivity index (χ2v) is 5.52. The number of rotatable bonds is 9. The van der Waals surface area contributed by atoms with Crippen LogP contribution in [0.5, 0.6) is 0 Å². The van der Waals surface area contributed by atoms with Crippen LogP contribution in [0, 0.1) is 0 Å². The van der Waals surface area contributed by atoms with Gasteiger partial charge in [0.25, 0.3) is 5.91 Å². The van der Waals surface area contributed by atoms with E-state index in [9.17, 15) is 14.4 Å². The lowest BCUT2D eigenvalue weighted by Crippen LogP contribution is -2.19. The number of thioether (sulfide) groups is 1. The van der Waals surface area contributed by atoms with Crippen LogP contribution in [0.2, 0.25) is 0 Å². The quantitative estimate of drug-likeness (QED) is 0.533. The van der Waals surface area contributed by atoms with Crippen molar-refractivity contribution in [3.63, 3.8) is 0 Å². The highest BCUT2D eigenvalue weighted by Gasteiger charge is 2.10. The maximum absolute atomic E-state index is 11.8. The summed E-state index contributed by atoms with van der Waals surface area (Å²) in [6.45, 7) is 2.15. The average Bonchev–Trinajstić information content (AvgIpc) is 2.47. The fourth-order valence-electron chi connectivity index (χ4n) is 1.71. The predicted molar refractivity (Wildman–Crippen MR) is 86.8 cm³/mol. The molecule has 1 rings (SSSR count). The third-order valence-corrected chi connectivity index (χ3v) is 3.72. The van der Waals surface area contributed by atoms with E-state index in [0.29, 0.717) is 30.9 Å². The van der Waals surface area contributed by atoms with Gasteiger partial charge in [-0.25, -0.2) is 0 Å². The Balaban J connectivity index is 2.30. The van der Waals surface area contributed by atoms with E-state index in [4.69, 9.17) is 10.5 Å². The first-order valence-electron chi connectivity index (χ1n) is 6.96. The zero-order chi connectivity index (χ0) is 16.4. The van der Waals surface area contributed by atoms with Crippen molar-refractivity contribution in [2.75, 3.05) is 23.4 Å². The van der Waals surface area contributed by atoms with Crippen molar-refractivity contribution in [1.82, 2.24) is 0 Å².